The maximum Gasteiger partial charge on any atom is 0.171 e. The Hall–Kier alpha value is -1.76. The highest BCUT2D eigenvalue weighted by Crippen LogP contribution is 2.16. The Bertz CT molecular complexity index is 589. The molecule has 118 valence electrons. The van der Waals surface area contributed by atoms with Crippen molar-refractivity contribution in [3.05, 3.63) is 47.0 Å². The maximum atomic E-state index is 6.25. The summed E-state index contributed by atoms with van der Waals surface area (Å²) in [5.41, 5.74) is 8.50. The lowest BCUT2D eigenvalue weighted by Gasteiger charge is -2.25. The van der Waals surface area contributed by atoms with Crippen molar-refractivity contribution in [1.82, 2.24) is 20.1 Å². The van der Waals surface area contributed by atoms with Gasteiger partial charge in [-0.2, -0.15) is 5.10 Å². The number of nitrogens with two attached hydrogens (primary N) is 1. The van der Waals surface area contributed by atoms with Gasteiger partial charge in [-0.25, -0.2) is 4.98 Å². The van der Waals surface area contributed by atoms with E-state index >= 15 is 0 Å². The van der Waals surface area contributed by atoms with Crippen LogP contribution in [0.2, 0.25) is 0 Å². The van der Waals surface area contributed by atoms with Crippen molar-refractivity contribution in [2.75, 3.05) is 32.8 Å². The highest BCUT2D eigenvalue weighted by atomic mass is 16.5. The second kappa shape index (κ2) is 7.00. The fraction of sp³-hybridized carbons (Fsp3) is 0.500. The summed E-state index contributed by atoms with van der Waals surface area (Å²) in [5.74, 6) is 1.55. The second-order valence-electron chi connectivity index (χ2n) is 5.73. The van der Waals surface area contributed by atoms with Crippen molar-refractivity contribution in [1.29, 1.82) is 0 Å². The smallest absolute Gasteiger partial charge is 0.171 e. The first-order valence-corrected chi connectivity index (χ1v) is 7.76. The molecule has 0 aliphatic carbocycles. The van der Waals surface area contributed by atoms with Crippen LogP contribution in [0, 0.1) is 6.92 Å². The van der Waals surface area contributed by atoms with Crippen LogP contribution in [-0.2, 0) is 11.2 Å². The number of hydrogen-bond donors (Lipinski definition) is 2. The summed E-state index contributed by atoms with van der Waals surface area (Å²) < 4.78 is 5.35. The molecule has 1 atom stereocenters. The SMILES string of the molecule is Cc1ccc(C(N)c2n[nH]c(CCN3CCOCC3)n2)cc1. The zero-order valence-electron chi connectivity index (χ0n) is 13.0. The number of nitrogens with zero attached hydrogens (tertiary/aromatic N) is 3. The molecule has 0 bridgehead atoms. The molecular formula is C16H23N5O. The number of aryl methyl sites for hydroxylation is 1. The number of benzene rings is 1. The molecule has 3 rings (SSSR count). The van der Waals surface area contributed by atoms with E-state index in [-0.39, 0.29) is 6.04 Å². The first kappa shape index (κ1) is 15.1. The van der Waals surface area contributed by atoms with Gasteiger partial charge in [0.15, 0.2) is 5.82 Å². The average Bonchev–Trinajstić information content (AvgIpc) is 3.03. The summed E-state index contributed by atoms with van der Waals surface area (Å²) >= 11 is 0. The van der Waals surface area contributed by atoms with Crippen molar-refractivity contribution >= 4 is 0 Å². The quantitative estimate of drug-likeness (QED) is 0.862. The van der Waals surface area contributed by atoms with Crippen LogP contribution >= 0.6 is 0 Å². The Kier molecular flexibility index (Phi) is 4.82. The van der Waals surface area contributed by atoms with E-state index in [1.54, 1.807) is 0 Å². The highest BCUT2D eigenvalue weighted by Gasteiger charge is 2.15. The maximum absolute atomic E-state index is 6.25. The molecular weight excluding hydrogens is 278 g/mol. The van der Waals surface area contributed by atoms with Crippen molar-refractivity contribution in [3.8, 4) is 0 Å². The summed E-state index contributed by atoms with van der Waals surface area (Å²) in [6.45, 7) is 6.65. The van der Waals surface area contributed by atoms with E-state index in [1.165, 1.54) is 5.56 Å². The van der Waals surface area contributed by atoms with E-state index in [9.17, 15) is 0 Å². The van der Waals surface area contributed by atoms with Gasteiger partial charge in [0.1, 0.15) is 5.82 Å². The van der Waals surface area contributed by atoms with Gasteiger partial charge in [-0.3, -0.25) is 10.00 Å². The van der Waals surface area contributed by atoms with Gasteiger partial charge >= 0.3 is 0 Å². The topological polar surface area (TPSA) is 80.1 Å². The van der Waals surface area contributed by atoms with Gasteiger partial charge in [0.25, 0.3) is 0 Å². The van der Waals surface area contributed by atoms with Gasteiger partial charge in [0, 0.05) is 26.1 Å². The molecule has 1 aromatic carbocycles. The van der Waals surface area contributed by atoms with Gasteiger partial charge in [-0.05, 0) is 12.5 Å². The van der Waals surface area contributed by atoms with E-state index < -0.39 is 0 Å². The fourth-order valence-electron chi connectivity index (χ4n) is 2.57. The normalized spacial score (nSPS) is 17.5. The van der Waals surface area contributed by atoms with E-state index in [0.717, 1.165) is 50.7 Å². The molecule has 0 spiro atoms. The van der Waals surface area contributed by atoms with E-state index in [0.29, 0.717) is 5.82 Å². The number of rotatable bonds is 5. The molecule has 1 saturated heterocycles. The largest absolute Gasteiger partial charge is 0.379 e. The number of aromatic amines is 1. The molecule has 1 unspecified atom stereocenters. The third kappa shape index (κ3) is 3.71. The van der Waals surface area contributed by atoms with Gasteiger partial charge in [0.05, 0.1) is 19.3 Å². The second-order valence-corrected chi connectivity index (χ2v) is 5.73. The predicted octanol–water partition coefficient (Wildman–Crippen LogP) is 1.04. The first-order valence-electron chi connectivity index (χ1n) is 7.76. The summed E-state index contributed by atoms with van der Waals surface area (Å²) in [7, 11) is 0. The minimum atomic E-state index is -0.283. The molecule has 6 heteroatoms. The van der Waals surface area contributed by atoms with Gasteiger partial charge < -0.3 is 10.5 Å². The minimum Gasteiger partial charge on any atom is -0.379 e. The van der Waals surface area contributed by atoms with Crippen LogP contribution in [0.1, 0.15) is 28.8 Å². The van der Waals surface area contributed by atoms with Crippen LogP contribution in [0.5, 0.6) is 0 Å². The molecule has 3 N–H and O–H groups in total. The Morgan fingerprint density at radius 3 is 2.73 bits per heavy atom. The molecule has 0 amide bonds. The highest BCUT2D eigenvalue weighted by molar-refractivity contribution is 5.27. The third-order valence-corrected chi connectivity index (χ3v) is 4.03. The number of ether oxygens (including phenoxy) is 1. The Labute approximate surface area is 130 Å². The van der Waals surface area contributed by atoms with Crippen LogP contribution in [0.3, 0.4) is 0 Å². The summed E-state index contributed by atoms with van der Waals surface area (Å²) in [5, 5.41) is 7.28. The van der Waals surface area contributed by atoms with E-state index in [4.69, 9.17) is 10.5 Å². The zero-order chi connectivity index (χ0) is 15.4. The molecule has 2 heterocycles. The van der Waals surface area contributed by atoms with Crippen molar-refractivity contribution in [3.63, 3.8) is 0 Å². The molecule has 0 radical (unpaired) electrons. The molecule has 1 aromatic heterocycles. The lowest BCUT2D eigenvalue weighted by molar-refractivity contribution is 0.0382. The molecule has 2 aromatic rings. The Morgan fingerprint density at radius 2 is 2.00 bits per heavy atom. The van der Waals surface area contributed by atoms with Gasteiger partial charge in [-0.1, -0.05) is 29.8 Å². The number of H-pyrrole nitrogens is 1. The number of nitrogens with one attached hydrogen (secondary N) is 1. The van der Waals surface area contributed by atoms with Crippen molar-refractivity contribution in [2.45, 2.75) is 19.4 Å². The minimum absolute atomic E-state index is 0.283. The van der Waals surface area contributed by atoms with Crippen LogP contribution < -0.4 is 5.73 Å². The zero-order valence-corrected chi connectivity index (χ0v) is 13.0. The van der Waals surface area contributed by atoms with Crippen LogP contribution in [0.15, 0.2) is 24.3 Å². The van der Waals surface area contributed by atoms with Crippen LogP contribution in [-0.4, -0.2) is 52.9 Å². The Balaban J connectivity index is 1.59. The number of hydrogen-bond acceptors (Lipinski definition) is 5. The predicted molar refractivity (Wildman–Crippen MR) is 84.6 cm³/mol. The summed E-state index contributed by atoms with van der Waals surface area (Å²) in [6, 6.07) is 7.89. The van der Waals surface area contributed by atoms with Crippen molar-refractivity contribution < 1.29 is 4.74 Å². The molecule has 1 aliphatic rings. The standard InChI is InChI=1S/C16H23N5O/c1-12-2-4-13(5-3-12)15(17)16-18-14(19-20-16)6-7-21-8-10-22-11-9-21/h2-5,15H,6-11,17H2,1H3,(H,18,19,20). The molecule has 1 aliphatic heterocycles. The van der Waals surface area contributed by atoms with Crippen molar-refractivity contribution in [2.24, 2.45) is 5.73 Å². The fourth-order valence-corrected chi connectivity index (χ4v) is 2.57. The summed E-state index contributed by atoms with van der Waals surface area (Å²) in [4.78, 5) is 6.92. The molecule has 1 fully saturated rings. The van der Waals surface area contributed by atoms with Crippen LogP contribution in [0.4, 0.5) is 0 Å². The molecule has 6 nitrogen and oxygen atoms in total. The number of morpholine rings is 1. The third-order valence-electron chi connectivity index (χ3n) is 4.03. The molecule has 0 saturated carbocycles. The van der Waals surface area contributed by atoms with Gasteiger partial charge in [0.2, 0.25) is 0 Å². The van der Waals surface area contributed by atoms with Crippen LogP contribution in [0.25, 0.3) is 0 Å². The lowest BCUT2D eigenvalue weighted by atomic mass is 10.1. The van der Waals surface area contributed by atoms with Gasteiger partial charge in [-0.15, -0.1) is 0 Å². The summed E-state index contributed by atoms with van der Waals surface area (Å²) in [6.07, 6.45) is 0.855. The molecule has 22 heavy (non-hydrogen) atoms. The first-order chi connectivity index (χ1) is 10.7. The lowest BCUT2D eigenvalue weighted by Crippen LogP contribution is -2.37. The van der Waals surface area contributed by atoms with E-state index in [1.807, 2.05) is 12.1 Å². The monoisotopic (exact) mass is 301 g/mol. The van der Waals surface area contributed by atoms with E-state index in [2.05, 4.69) is 39.1 Å². The Morgan fingerprint density at radius 1 is 1.27 bits per heavy atom. The number of aromatic nitrogens is 3. The average molecular weight is 301 g/mol.